The fourth-order valence-electron chi connectivity index (χ4n) is 3.90. The van der Waals surface area contributed by atoms with Crippen LogP contribution >= 0.6 is 0 Å². The van der Waals surface area contributed by atoms with Gasteiger partial charge in [-0.3, -0.25) is 14.4 Å². The lowest BCUT2D eigenvalue weighted by atomic mass is 10.1. The third-order valence-electron chi connectivity index (χ3n) is 5.74. The molecule has 0 bridgehead atoms. The summed E-state index contributed by atoms with van der Waals surface area (Å²) in [4.78, 5) is 40.7. The number of aryl methyl sites for hydroxylation is 1. The van der Waals surface area contributed by atoms with E-state index in [1.54, 1.807) is 28.0 Å². The third-order valence-corrected chi connectivity index (χ3v) is 5.74. The average Bonchev–Trinajstić information content (AvgIpc) is 3.41. The molecule has 2 aromatic heterocycles. The molecule has 4 rings (SSSR count). The first-order valence-corrected chi connectivity index (χ1v) is 11.5. The van der Waals surface area contributed by atoms with Crippen molar-refractivity contribution < 1.29 is 18.7 Å². The summed E-state index contributed by atoms with van der Waals surface area (Å²) < 4.78 is 12.0. The van der Waals surface area contributed by atoms with Crippen molar-refractivity contribution in [3.63, 3.8) is 0 Å². The number of amides is 2. The molecule has 0 aliphatic carbocycles. The summed E-state index contributed by atoms with van der Waals surface area (Å²) in [6, 6.07) is 14.1. The number of carbonyl (C=O) groups excluding carboxylic acids is 2. The number of furan rings is 1. The van der Waals surface area contributed by atoms with E-state index in [0.717, 1.165) is 11.3 Å². The van der Waals surface area contributed by atoms with Gasteiger partial charge < -0.3 is 19.0 Å². The summed E-state index contributed by atoms with van der Waals surface area (Å²) in [5, 5.41) is 4.47. The third kappa shape index (κ3) is 5.54. The Balaban J connectivity index is 1.28. The smallest absolute Gasteiger partial charge is 0.289 e. The van der Waals surface area contributed by atoms with Gasteiger partial charge in [-0.15, -0.1) is 0 Å². The largest absolute Gasteiger partial charge is 0.494 e. The zero-order valence-electron chi connectivity index (χ0n) is 19.2. The molecular weight excluding hydrogens is 436 g/mol. The van der Waals surface area contributed by atoms with Gasteiger partial charge in [0.25, 0.3) is 11.5 Å². The number of aromatic nitrogens is 2. The second-order valence-electron chi connectivity index (χ2n) is 7.99. The van der Waals surface area contributed by atoms with E-state index in [4.69, 9.17) is 9.15 Å². The van der Waals surface area contributed by atoms with Gasteiger partial charge in [-0.25, -0.2) is 4.68 Å². The van der Waals surface area contributed by atoms with E-state index >= 15 is 0 Å². The molecule has 3 aromatic rings. The van der Waals surface area contributed by atoms with Gasteiger partial charge in [0.05, 0.1) is 18.6 Å². The van der Waals surface area contributed by atoms with Crippen LogP contribution in [0.5, 0.6) is 5.75 Å². The van der Waals surface area contributed by atoms with Crippen LogP contribution < -0.4 is 10.3 Å². The van der Waals surface area contributed by atoms with E-state index in [0.29, 0.717) is 63.6 Å². The number of carbonyl (C=O) groups is 2. The predicted molar refractivity (Wildman–Crippen MR) is 126 cm³/mol. The maximum atomic E-state index is 12.6. The van der Waals surface area contributed by atoms with Crippen LogP contribution in [0.1, 0.15) is 30.3 Å². The van der Waals surface area contributed by atoms with Crippen LogP contribution in [0.4, 0.5) is 0 Å². The first-order valence-electron chi connectivity index (χ1n) is 11.5. The topological polar surface area (TPSA) is 97.9 Å². The van der Waals surface area contributed by atoms with Crippen molar-refractivity contribution in [1.82, 2.24) is 19.6 Å². The summed E-state index contributed by atoms with van der Waals surface area (Å²) in [5.41, 5.74) is 1.37. The van der Waals surface area contributed by atoms with Crippen molar-refractivity contribution in [3.05, 3.63) is 70.9 Å². The van der Waals surface area contributed by atoms with Crippen molar-refractivity contribution in [2.45, 2.75) is 26.3 Å². The molecular formula is C25H28N4O5. The van der Waals surface area contributed by atoms with Gasteiger partial charge in [0, 0.05) is 50.8 Å². The maximum absolute atomic E-state index is 12.6. The molecule has 0 atom stereocenters. The Hall–Kier alpha value is -3.88. The molecule has 1 fully saturated rings. The monoisotopic (exact) mass is 464 g/mol. The fourth-order valence-corrected chi connectivity index (χ4v) is 3.90. The Labute approximate surface area is 197 Å². The average molecular weight is 465 g/mol. The summed E-state index contributed by atoms with van der Waals surface area (Å²) in [7, 11) is 0. The van der Waals surface area contributed by atoms with E-state index < -0.39 is 0 Å². The molecule has 1 saturated heterocycles. The van der Waals surface area contributed by atoms with Crippen LogP contribution in [-0.2, 0) is 11.3 Å². The molecule has 1 aliphatic heterocycles. The van der Waals surface area contributed by atoms with Crippen molar-refractivity contribution in [2.75, 3.05) is 32.8 Å². The molecule has 2 amide bonds. The zero-order chi connectivity index (χ0) is 23.9. The normalized spacial score (nSPS) is 13.7. The highest BCUT2D eigenvalue weighted by molar-refractivity contribution is 5.91. The number of rotatable bonds is 8. The van der Waals surface area contributed by atoms with Crippen molar-refractivity contribution >= 4 is 11.8 Å². The Morgan fingerprint density at radius 3 is 2.41 bits per heavy atom. The van der Waals surface area contributed by atoms with Crippen LogP contribution in [-0.4, -0.2) is 64.2 Å². The molecule has 3 heterocycles. The standard InChI is InChI=1S/C25H28N4O5/c1-2-33-20-9-7-19(8-10-20)21-11-12-24(31)29(26-21)13-3-6-23(30)27-14-16-28(17-15-27)25(32)22-5-4-18-34-22/h4-5,7-12,18H,2-3,6,13-17H2,1H3. The lowest BCUT2D eigenvalue weighted by molar-refractivity contribution is -0.132. The molecule has 9 heteroatoms. The number of benzene rings is 1. The molecule has 1 aromatic carbocycles. The highest BCUT2D eigenvalue weighted by atomic mass is 16.5. The van der Waals surface area contributed by atoms with Crippen LogP contribution in [0.3, 0.4) is 0 Å². The van der Waals surface area contributed by atoms with Gasteiger partial charge in [0.2, 0.25) is 5.91 Å². The Morgan fingerprint density at radius 1 is 1.00 bits per heavy atom. The number of hydrogen-bond acceptors (Lipinski definition) is 6. The number of piperazine rings is 1. The summed E-state index contributed by atoms with van der Waals surface area (Å²) in [6.45, 7) is 4.78. The predicted octanol–water partition coefficient (Wildman–Crippen LogP) is 2.67. The molecule has 0 unspecified atom stereocenters. The minimum atomic E-state index is -0.202. The van der Waals surface area contributed by atoms with Crippen LogP contribution in [0.15, 0.2) is 64.0 Å². The number of ether oxygens (including phenoxy) is 1. The molecule has 0 N–H and O–H groups in total. The van der Waals surface area contributed by atoms with Gasteiger partial charge in [0.15, 0.2) is 5.76 Å². The minimum Gasteiger partial charge on any atom is -0.494 e. The molecule has 34 heavy (non-hydrogen) atoms. The van der Waals surface area contributed by atoms with Crippen LogP contribution in [0.2, 0.25) is 0 Å². The summed E-state index contributed by atoms with van der Waals surface area (Å²) >= 11 is 0. The summed E-state index contributed by atoms with van der Waals surface area (Å²) in [5.74, 6) is 0.949. The Bertz CT molecular complexity index is 1160. The van der Waals surface area contributed by atoms with Gasteiger partial charge in [-0.05, 0) is 55.8 Å². The minimum absolute atomic E-state index is 0.0146. The second kappa shape index (κ2) is 10.8. The van der Waals surface area contributed by atoms with E-state index in [1.807, 2.05) is 31.2 Å². The number of hydrogen-bond donors (Lipinski definition) is 0. The maximum Gasteiger partial charge on any atom is 0.289 e. The number of nitrogens with zero attached hydrogens (tertiary/aromatic N) is 4. The SMILES string of the molecule is CCOc1ccc(-c2ccc(=O)n(CCCC(=O)N3CCN(C(=O)c4ccco4)CC3)n2)cc1. The molecule has 0 radical (unpaired) electrons. The van der Waals surface area contributed by atoms with E-state index in [2.05, 4.69) is 5.10 Å². The van der Waals surface area contributed by atoms with Gasteiger partial charge >= 0.3 is 0 Å². The first-order chi connectivity index (χ1) is 16.5. The van der Waals surface area contributed by atoms with Crippen molar-refractivity contribution in [3.8, 4) is 17.0 Å². The van der Waals surface area contributed by atoms with Crippen LogP contribution in [0, 0.1) is 0 Å². The Kier molecular flexibility index (Phi) is 7.41. The van der Waals surface area contributed by atoms with Crippen molar-refractivity contribution in [2.24, 2.45) is 0 Å². The molecule has 9 nitrogen and oxygen atoms in total. The second-order valence-corrected chi connectivity index (χ2v) is 7.99. The van der Waals surface area contributed by atoms with Crippen molar-refractivity contribution in [1.29, 1.82) is 0 Å². The van der Waals surface area contributed by atoms with Gasteiger partial charge in [0.1, 0.15) is 5.75 Å². The lowest BCUT2D eigenvalue weighted by Gasteiger charge is -2.34. The fraction of sp³-hybridized carbons (Fsp3) is 0.360. The molecule has 0 spiro atoms. The Morgan fingerprint density at radius 2 is 1.74 bits per heavy atom. The molecule has 0 saturated carbocycles. The quantitative estimate of drug-likeness (QED) is 0.508. The molecule has 178 valence electrons. The lowest BCUT2D eigenvalue weighted by Crippen LogP contribution is -2.50. The van der Waals surface area contributed by atoms with Gasteiger partial charge in [-0.2, -0.15) is 5.10 Å². The molecule has 1 aliphatic rings. The van der Waals surface area contributed by atoms with Gasteiger partial charge in [-0.1, -0.05) is 0 Å². The van der Waals surface area contributed by atoms with E-state index in [1.165, 1.54) is 17.0 Å². The highest BCUT2D eigenvalue weighted by Gasteiger charge is 2.25. The highest BCUT2D eigenvalue weighted by Crippen LogP contribution is 2.20. The first kappa shape index (κ1) is 23.3. The summed E-state index contributed by atoms with van der Waals surface area (Å²) in [6.07, 6.45) is 2.29. The van der Waals surface area contributed by atoms with E-state index in [-0.39, 0.29) is 17.4 Å². The van der Waals surface area contributed by atoms with E-state index in [9.17, 15) is 14.4 Å². The zero-order valence-corrected chi connectivity index (χ0v) is 19.2. The van der Waals surface area contributed by atoms with Crippen LogP contribution in [0.25, 0.3) is 11.3 Å².